The van der Waals surface area contributed by atoms with Gasteiger partial charge < -0.3 is 14.6 Å². The van der Waals surface area contributed by atoms with Gasteiger partial charge in [-0.25, -0.2) is 0 Å². The lowest BCUT2D eigenvalue weighted by molar-refractivity contribution is 0.457. The van der Waals surface area contributed by atoms with Crippen molar-refractivity contribution in [2.24, 2.45) is 0 Å². The minimum atomic E-state index is 0.600. The van der Waals surface area contributed by atoms with Crippen molar-refractivity contribution in [1.29, 1.82) is 0 Å². The molecule has 0 unspecified atom stereocenters. The Hall–Kier alpha value is -5.32. The maximum atomic E-state index is 9.35. The molecule has 7 aromatic rings. The molecule has 0 aliphatic heterocycles. The third-order valence-electron chi connectivity index (χ3n) is 7.72. The maximum absolute atomic E-state index is 9.35. The Labute approximate surface area is 246 Å². The monoisotopic (exact) mass is 540 g/mol. The quantitative estimate of drug-likeness (QED) is 0.204. The van der Waals surface area contributed by atoms with Gasteiger partial charge in [0.25, 0.3) is 0 Å². The van der Waals surface area contributed by atoms with Crippen molar-refractivity contribution >= 4 is 46.3 Å². The van der Waals surface area contributed by atoms with E-state index in [2.05, 4.69) is 126 Å². The zero-order valence-electron chi connectivity index (χ0n) is 22.9. The van der Waals surface area contributed by atoms with Gasteiger partial charge in [0.15, 0.2) is 0 Å². The summed E-state index contributed by atoms with van der Waals surface area (Å²) in [5, 5.41) is 13.8. The molecule has 199 valence electrons. The highest BCUT2D eigenvalue weighted by molar-refractivity contribution is 6.18. The first-order chi connectivity index (χ1) is 20.8. The van der Waals surface area contributed by atoms with Gasteiger partial charge in [-0.3, -0.25) is 0 Å². The average Bonchev–Trinajstić information content (AvgIpc) is 3.07. The predicted octanol–water partition coefficient (Wildman–Crippen LogP) is 9.70. The Morgan fingerprint density at radius 1 is 0.452 bits per heavy atom. The van der Waals surface area contributed by atoms with Gasteiger partial charge in [-0.1, -0.05) is 115 Å². The van der Waals surface area contributed by atoms with Crippen molar-refractivity contribution < 1.29 is 9.68 Å². The van der Waals surface area contributed by atoms with Crippen LogP contribution in [0.15, 0.2) is 158 Å². The number of hydrogen-bond acceptors (Lipinski definition) is 3. The van der Waals surface area contributed by atoms with E-state index in [4.69, 9.17) is 4.65 Å². The van der Waals surface area contributed by atoms with E-state index in [1.807, 2.05) is 36.4 Å². The molecule has 0 aliphatic carbocycles. The molecule has 4 heteroatoms. The van der Waals surface area contributed by atoms with Crippen molar-refractivity contribution in [3.8, 4) is 28.0 Å². The predicted molar refractivity (Wildman–Crippen MR) is 176 cm³/mol. The molecule has 0 spiro atoms. The fourth-order valence-corrected chi connectivity index (χ4v) is 5.64. The smallest absolute Gasteiger partial charge is 0.537 e. The van der Waals surface area contributed by atoms with Gasteiger partial charge in [0.1, 0.15) is 5.75 Å². The molecule has 0 bridgehead atoms. The zero-order valence-corrected chi connectivity index (χ0v) is 22.9. The molecule has 7 aromatic carbocycles. The van der Waals surface area contributed by atoms with Crippen LogP contribution in [-0.2, 0) is 0 Å². The minimum Gasteiger partial charge on any atom is -0.537 e. The highest BCUT2D eigenvalue weighted by Crippen LogP contribution is 2.42. The van der Waals surface area contributed by atoms with E-state index in [1.165, 1.54) is 21.9 Å². The molecule has 7 rings (SSSR count). The van der Waals surface area contributed by atoms with Crippen LogP contribution in [0, 0.1) is 0 Å². The third-order valence-corrected chi connectivity index (χ3v) is 7.72. The van der Waals surface area contributed by atoms with Crippen molar-refractivity contribution in [3.63, 3.8) is 0 Å². The van der Waals surface area contributed by atoms with Crippen molar-refractivity contribution in [3.05, 3.63) is 158 Å². The van der Waals surface area contributed by atoms with Gasteiger partial charge in [0.05, 0.1) is 5.69 Å². The molecule has 0 fully saturated rings. The maximum Gasteiger partial charge on any atom is 0.569 e. The normalized spacial score (nSPS) is 11.0. The lowest BCUT2D eigenvalue weighted by Gasteiger charge is -2.28. The van der Waals surface area contributed by atoms with Crippen LogP contribution in [0.5, 0.6) is 5.75 Å². The molecule has 0 amide bonds. The van der Waals surface area contributed by atoms with Crippen LogP contribution in [0.25, 0.3) is 43.8 Å². The second-order valence-corrected chi connectivity index (χ2v) is 10.2. The molecule has 1 radical (unpaired) electrons. The fourth-order valence-electron chi connectivity index (χ4n) is 5.64. The number of hydrogen-bond donors (Lipinski definition) is 1. The van der Waals surface area contributed by atoms with Gasteiger partial charge in [0.2, 0.25) is 0 Å². The number of fused-ring (bicyclic) bond motifs is 2. The van der Waals surface area contributed by atoms with Gasteiger partial charge >= 0.3 is 7.69 Å². The standard InChI is InChI=1S/C38H27BNO2/c41-39-42-38-25-24-37(35-12-6-7-13-36(35)38)40(33-20-16-29(17-21-33)27-8-2-1-3-9-27)34-22-18-30(19-23-34)32-15-14-28-10-4-5-11-31(28)26-32/h1-26,41H. The minimum absolute atomic E-state index is 0.600. The lowest BCUT2D eigenvalue weighted by Crippen LogP contribution is -2.11. The van der Waals surface area contributed by atoms with Gasteiger partial charge in [-0.2, -0.15) is 0 Å². The summed E-state index contributed by atoms with van der Waals surface area (Å²) in [6.45, 7) is 0. The summed E-state index contributed by atoms with van der Waals surface area (Å²) in [7, 11) is 0.729. The summed E-state index contributed by atoms with van der Waals surface area (Å²) < 4.78 is 5.44. The van der Waals surface area contributed by atoms with Crippen molar-refractivity contribution in [2.75, 3.05) is 4.90 Å². The van der Waals surface area contributed by atoms with E-state index in [-0.39, 0.29) is 0 Å². The molecular weight excluding hydrogens is 513 g/mol. The van der Waals surface area contributed by atoms with Crippen LogP contribution in [0.2, 0.25) is 0 Å². The summed E-state index contributed by atoms with van der Waals surface area (Å²) in [4.78, 5) is 2.27. The third kappa shape index (κ3) is 4.89. The van der Waals surface area contributed by atoms with Crippen LogP contribution < -0.4 is 9.55 Å². The summed E-state index contributed by atoms with van der Waals surface area (Å²) in [6, 6.07) is 54.9. The van der Waals surface area contributed by atoms with Gasteiger partial charge in [0, 0.05) is 22.1 Å². The summed E-state index contributed by atoms with van der Waals surface area (Å²) >= 11 is 0. The topological polar surface area (TPSA) is 32.7 Å². The molecule has 0 saturated heterocycles. The first-order valence-electron chi connectivity index (χ1n) is 14.0. The summed E-state index contributed by atoms with van der Waals surface area (Å²) in [6.07, 6.45) is 0. The first-order valence-corrected chi connectivity index (χ1v) is 14.0. The van der Waals surface area contributed by atoms with Gasteiger partial charge in [-0.05, 0) is 75.5 Å². The van der Waals surface area contributed by atoms with Gasteiger partial charge in [-0.15, -0.1) is 0 Å². The number of rotatable bonds is 7. The number of benzene rings is 7. The molecule has 0 saturated carbocycles. The number of nitrogens with zero attached hydrogens (tertiary/aromatic N) is 1. The molecule has 0 aliphatic rings. The summed E-state index contributed by atoms with van der Waals surface area (Å²) in [5.41, 5.74) is 7.80. The Bertz CT molecular complexity index is 1990. The van der Waals surface area contributed by atoms with Crippen LogP contribution in [0.1, 0.15) is 0 Å². The molecule has 0 heterocycles. The average molecular weight is 540 g/mol. The van der Waals surface area contributed by atoms with Crippen LogP contribution >= 0.6 is 0 Å². The first kappa shape index (κ1) is 25.6. The molecule has 0 atom stereocenters. The van der Waals surface area contributed by atoms with Crippen LogP contribution in [0.4, 0.5) is 17.1 Å². The molecule has 3 nitrogen and oxygen atoms in total. The Balaban J connectivity index is 1.34. The fraction of sp³-hybridized carbons (Fsp3) is 0. The van der Waals surface area contributed by atoms with E-state index in [0.29, 0.717) is 5.75 Å². The second-order valence-electron chi connectivity index (χ2n) is 10.2. The Morgan fingerprint density at radius 2 is 1.00 bits per heavy atom. The molecule has 42 heavy (non-hydrogen) atoms. The van der Waals surface area contributed by atoms with E-state index >= 15 is 0 Å². The van der Waals surface area contributed by atoms with Crippen molar-refractivity contribution in [2.45, 2.75) is 0 Å². The highest BCUT2D eigenvalue weighted by atomic mass is 16.5. The largest absolute Gasteiger partial charge is 0.569 e. The van der Waals surface area contributed by atoms with Crippen LogP contribution in [0.3, 0.4) is 0 Å². The highest BCUT2D eigenvalue weighted by Gasteiger charge is 2.17. The zero-order chi connectivity index (χ0) is 28.3. The second kappa shape index (κ2) is 11.3. The Morgan fingerprint density at radius 3 is 1.69 bits per heavy atom. The molecule has 1 N–H and O–H groups in total. The summed E-state index contributed by atoms with van der Waals surface area (Å²) in [5.74, 6) is 0.600. The van der Waals surface area contributed by atoms with Crippen LogP contribution in [-0.4, -0.2) is 12.7 Å². The molecular formula is C38H27BNO2. The van der Waals surface area contributed by atoms with Crippen molar-refractivity contribution in [1.82, 2.24) is 0 Å². The van der Waals surface area contributed by atoms with E-state index in [9.17, 15) is 5.02 Å². The van der Waals surface area contributed by atoms with E-state index in [1.54, 1.807) is 0 Å². The molecule has 0 aromatic heterocycles. The SMILES string of the molecule is O[B]Oc1ccc(N(c2ccc(-c3ccccc3)cc2)c2ccc(-c3ccc4ccccc4c3)cc2)c2ccccc12. The van der Waals surface area contributed by atoms with E-state index in [0.717, 1.165) is 46.6 Å². The lowest BCUT2D eigenvalue weighted by atomic mass is 10.00. The Kier molecular flexibility index (Phi) is 6.89. The van der Waals surface area contributed by atoms with E-state index < -0.39 is 0 Å². The number of anilines is 3.